The van der Waals surface area contributed by atoms with E-state index in [2.05, 4.69) is 36.4 Å². The second-order valence-corrected chi connectivity index (χ2v) is 6.31. The van der Waals surface area contributed by atoms with E-state index in [-0.39, 0.29) is 73.1 Å². The zero-order chi connectivity index (χ0) is 35.6. The van der Waals surface area contributed by atoms with Gasteiger partial charge < -0.3 is 16.9 Å². The van der Waals surface area contributed by atoms with Gasteiger partial charge in [-0.05, 0) is 11.9 Å². The Kier molecular flexibility index (Phi) is 81.6. The quantitative estimate of drug-likeness (QED) is 0.0731. The number of nitrogens with zero attached hydrogens (tertiary/aromatic N) is 5. The number of rotatable bonds is 3. The average Bonchev–Trinajstić information content (AvgIpc) is 3.06. The van der Waals surface area contributed by atoms with Crippen molar-refractivity contribution in [1.29, 1.82) is 10.5 Å². The summed E-state index contributed by atoms with van der Waals surface area (Å²) in [6.07, 6.45) is 1.88. The molecule has 0 aromatic heterocycles. The third-order valence-corrected chi connectivity index (χ3v) is 3.06. The van der Waals surface area contributed by atoms with Gasteiger partial charge in [0.25, 0.3) is 17.1 Å². The van der Waals surface area contributed by atoms with Crippen LogP contribution in [-0.4, -0.2) is 38.6 Å². The van der Waals surface area contributed by atoms with E-state index in [9.17, 15) is 34.7 Å². The van der Waals surface area contributed by atoms with Gasteiger partial charge in [-0.2, -0.15) is 5.26 Å². The van der Waals surface area contributed by atoms with E-state index < -0.39 is 21.9 Å². The van der Waals surface area contributed by atoms with Crippen LogP contribution in [0.4, 0.5) is 21.5 Å². The Morgan fingerprint density at radius 1 is 0.761 bits per heavy atom. The van der Waals surface area contributed by atoms with Crippen molar-refractivity contribution in [3.63, 3.8) is 0 Å². The largest absolute Gasteiger partial charge is 1.00 e. The van der Waals surface area contributed by atoms with Gasteiger partial charge in [-0.15, -0.1) is 12.4 Å². The van der Waals surface area contributed by atoms with Crippen molar-refractivity contribution < 1.29 is 55.2 Å². The topological polar surface area (TPSA) is 197 Å². The summed E-state index contributed by atoms with van der Waals surface area (Å²) in [6, 6.07) is 25.7. The van der Waals surface area contributed by atoms with E-state index >= 15 is 0 Å². The molecule has 0 radical (unpaired) electrons. The minimum Gasteiger partial charge on any atom is -0.512 e. The number of hydrogen-bond acceptors (Lipinski definition) is 9. The van der Waals surface area contributed by atoms with E-state index in [1.807, 2.05) is 17.9 Å². The van der Waals surface area contributed by atoms with Crippen molar-refractivity contribution >= 4 is 52.1 Å². The monoisotopic (exact) mass is 792 g/mol. The Morgan fingerprint density at radius 2 is 0.891 bits per heavy atom. The molecule has 46 heavy (non-hydrogen) atoms. The number of aliphatic hydroxyl groups excluding tert-OH is 1. The van der Waals surface area contributed by atoms with Gasteiger partial charge in [0.2, 0.25) is 0 Å². The number of para-hydroxylation sites is 3. The van der Waals surface area contributed by atoms with Gasteiger partial charge in [0, 0.05) is 49.4 Å². The summed E-state index contributed by atoms with van der Waals surface area (Å²) in [5.74, 6) is 0. The summed E-state index contributed by atoms with van der Waals surface area (Å²) in [5, 5.41) is 51.5. The second-order valence-electron chi connectivity index (χ2n) is 6.31. The van der Waals surface area contributed by atoms with Gasteiger partial charge in [-0.25, -0.2) is 0 Å². The minimum absolute atomic E-state index is 0. The van der Waals surface area contributed by atoms with E-state index in [0.717, 1.165) is 0 Å². The molecule has 0 saturated carbocycles. The normalized spacial score (nSPS) is 7.02. The van der Waals surface area contributed by atoms with Crippen molar-refractivity contribution in [1.82, 2.24) is 0 Å². The number of nitriles is 1. The fourth-order valence-corrected chi connectivity index (χ4v) is 1.65. The number of aliphatic hydroxyl groups is 1. The Bertz CT molecular complexity index is 973. The average molecular weight is 793 g/mol. The van der Waals surface area contributed by atoms with Crippen LogP contribution in [0.5, 0.6) is 0 Å². The summed E-state index contributed by atoms with van der Waals surface area (Å²) >= 11 is 2.15. The first-order valence-electron chi connectivity index (χ1n) is 12.8. The summed E-state index contributed by atoms with van der Waals surface area (Å²) in [4.78, 5) is 30.7. The molecule has 0 aliphatic carbocycles. The zero-order valence-corrected chi connectivity index (χ0v) is 31.3. The molecule has 3 aromatic carbocycles. The number of halogens is 3. The molecule has 0 bridgehead atoms. The summed E-state index contributed by atoms with van der Waals surface area (Å²) in [7, 11) is -1.00. The van der Waals surface area contributed by atoms with Crippen molar-refractivity contribution in [2.75, 3.05) is 18.7 Å². The van der Waals surface area contributed by atoms with Crippen LogP contribution in [0, 0.1) is 53.5 Å². The molecule has 12 nitrogen and oxygen atoms in total. The van der Waals surface area contributed by atoms with Crippen LogP contribution in [0.3, 0.4) is 0 Å². The molecular formula is C30H45ClFIN5NaO7. The van der Waals surface area contributed by atoms with Crippen LogP contribution < -0.4 is 29.6 Å². The van der Waals surface area contributed by atoms with Crippen molar-refractivity contribution in [2.45, 2.75) is 48.0 Å². The van der Waals surface area contributed by atoms with Crippen molar-refractivity contribution in [3.05, 3.63) is 128 Å². The molecule has 16 heteroatoms. The van der Waals surface area contributed by atoms with Crippen molar-refractivity contribution in [3.8, 4) is 6.07 Å². The van der Waals surface area contributed by atoms with Gasteiger partial charge in [-0.1, -0.05) is 112 Å². The molecular weight excluding hydrogens is 747 g/mol. The molecule has 0 atom stereocenters. The SMILES string of the molecule is C.CCC.CCC#N.CCO.CI.Cl.O=[N+]([O-])c1ccccc1.O=[N+]([O-])c1ccccc1.O=[N+]([O-])c1ccccc1.[2H]CF.[C-]#N.[Na+]. The van der Waals surface area contributed by atoms with Crippen LogP contribution >= 0.6 is 35.0 Å². The molecule has 1 N–H and O–H groups in total. The molecule has 0 unspecified atom stereocenters. The van der Waals surface area contributed by atoms with Gasteiger partial charge in [-0.3, -0.25) is 34.7 Å². The van der Waals surface area contributed by atoms with Gasteiger partial charge in [0.1, 0.15) is 0 Å². The van der Waals surface area contributed by atoms with Gasteiger partial charge in [0.05, 0.1) is 29.4 Å². The van der Waals surface area contributed by atoms with Crippen LogP contribution in [0.25, 0.3) is 0 Å². The smallest absolute Gasteiger partial charge is 0.512 e. The van der Waals surface area contributed by atoms with Crippen LogP contribution in [-0.2, 0) is 0 Å². The van der Waals surface area contributed by atoms with E-state index in [1.165, 1.54) is 42.8 Å². The summed E-state index contributed by atoms with van der Waals surface area (Å²) in [6.45, 7) is 12.8. The maximum Gasteiger partial charge on any atom is 1.00 e. The zero-order valence-electron chi connectivity index (χ0n) is 27.3. The Hall–Kier alpha value is -3.25. The number of non-ortho nitro benzene ring substituents is 3. The maximum absolute atomic E-state index is 10.0. The first-order valence-corrected chi connectivity index (χ1v) is 14.2. The first-order chi connectivity index (χ1) is 21.1. The Balaban J connectivity index is -0.0000000522. The van der Waals surface area contributed by atoms with Crippen LogP contribution in [0.1, 0.15) is 49.3 Å². The predicted molar refractivity (Wildman–Crippen MR) is 190 cm³/mol. The second kappa shape index (κ2) is 60.9. The predicted octanol–water partition coefficient (Wildman–Crippen LogP) is 6.91. The molecule has 0 heterocycles. The Morgan fingerprint density at radius 3 is 0.957 bits per heavy atom. The third kappa shape index (κ3) is 56.5. The van der Waals surface area contributed by atoms with Gasteiger partial charge in [0.15, 0.2) is 0 Å². The molecule has 3 rings (SSSR count). The minimum atomic E-state index is -1.00. The van der Waals surface area contributed by atoms with Crippen molar-refractivity contribution in [2.24, 2.45) is 0 Å². The fourth-order valence-electron chi connectivity index (χ4n) is 1.65. The van der Waals surface area contributed by atoms with E-state index in [4.69, 9.17) is 23.6 Å². The standard InChI is InChI=1S/3C6H5NO2.C3H5N.C3H8.C2H6O.CH3F.CH3I.CN.CH4.ClH.Na/c3*8-7(9)6-4-2-1-3-5-6;1-2-3-4;1-3-2;1-2-3;3*1-2;;;/h3*1-5H;2H2,1H3;3H2,1-2H3;3H,2H2,1H3;2*1H3;;1H4;1H;/q;;;;;;;;-1;;;+1/i;;;;;;1D;;;;;. The van der Waals surface area contributed by atoms with Crippen LogP contribution in [0.2, 0.25) is 0 Å². The number of benzene rings is 3. The molecule has 0 aliphatic heterocycles. The number of nitro groups is 3. The number of hydrogen-bond donors (Lipinski definition) is 1. The van der Waals surface area contributed by atoms with E-state index in [0.29, 0.717) is 6.42 Å². The van der Waals surface area contributed by atoms with Crippen LogP contribution in [0.15, 0.2) is 91.0 Å². The number of alkyl halides is 2. The molecule has 254 valence electrons. The Labute approximate surface area is 316 Å². The molecule has 3 aromatic rings. The molecule has 0 saturated heterocycles. The van der Waals surface area contributed by atoms with E-state index in [1.54, 1.807) is 61.5 Å². The maximum atomic E-state index is 10.0. The molecule has 0 aliphatic rings. The fraction of sp³-hybridized carbons (Fsp3) is 0.333. The number of nitro benzene ring substituents is 3. The first kappa shape index (κ1) is 61.7. The summed E-state index contributed by atoms with van der Waals surface area (Å²) < 4.78 is 15.5. The molecule has 0 fully saturated rings. The molecule has 0 amide bonds. The van der Waals surface area contributed by atoms with Gasteiger partial charge >= 0.3 is 29.6 Å². The molecule has 0 spiro atoms. The third-order valence-electron chi connectivity index (χ3n) is 3.06. The summed E-state index contributed by atoms with van der Waals surface area (Å²) in [5.41, 5.74) is 0.410.